The summed E-state index contributed by atoms with van der Waals surface area (Å²) in [4.78, 5) is 24.9. The Bertz CT molecular complexity index is 691. The summed E-state index contributed by atoms with van der Waals surface area (Å²) in [5.41, 5.74) is 1.68. The van der Waals surface area contributed by atoms with Gasteiger partial charge in [-0.05, 0) is 48.0 Å². The first-order valence-corrected chi connectivity index (χ1v) is 7.63. The van der Waals surface area contributed by atoms with Gasteiger partial charge in [0.05, 0.1) is 4.91 Å². The zero-order valence-electron chi connectivity index (χ0n) is 11.5. The Morgan fingerprint density at radius 3 is 2.76 bits per heavy atom. The molecule has 4 nitrogen and oxygen atoms in total. The molecule has 108 valence electrons. The largest absolute Gasteiger partial charge is 0.481 e. The van der Waals surface area contributed by atoms with E-state index in [0.29, 0.717) is 10.7 Å². The monoisotopic (exact) mass is 365 g/mol. The van der Waals surface area contributed by atoms with Crippen LogP contribution >= 0.6 is 27.7 Å². The first-order valence-electron chi connectivity index (χ1n) is 6.02. The molecule has 2 rings (SSSR count). The number of thioether (sulfide) groups is 1. The highest BCUT2D eigenvalue weighted by molar-refractivity contribution is 9.10. The summed E-state index contributed by atoms with van der Waals surface area (Å²) in [6.07, 6.45) is 6.86. The molecule has 0 spiro atoms. The van der Waals surface area contributed by atoms with Crippen LogP contribution in [0.2, 0.25) is 0 Å². The van der Waals surface area contributed by atoms with Gasteiger partial charge in [-0.25, -0.2) is 0 Å². The Kier molecular flexibility index (Phi) is 4.76. The van der Waals surface area contributed by atoms with Gasteiger partial charge in [0, 0.05) is 11.5 Å². The molecule has 0 aromatic heterocycles. The smallest absolute Gasteiger partial charge is 0.293 e. The van der Waals surface area contributed by atoms with Gasteiger partial charge in [-0.2, -0.15) is 0 Å². The van der Waals surface area contributed by atoms with Crippen molar-refractivity contribution in [3.8, 4) is 18.1 Å². The molecule has 1 saturated heterocycles. The van der Waals surface area contributed by atoms with Crippen LogP contribution in [0.15, 0.2) is 21.5 Å². The molecule has 6 heteroatoms. The minimum atomic E-state index is -0.302. The molecule has 0 saturated carbocycles. The molecule has 0 N–H and O–H groups in total. The summed E-state index contributed by atoms with van der Waals surface area (Å²) in [6.45, 7) is 2.08. The maximum Gasteiger partial charge on any atom is 0.293 e. The van der Waals surface area contributed by atoms with Crippen molar-refractivity contribution in [2.75, 3.05) is 13.7 Å². The van der Waals surface area contributed by atoms with Crippen molar-refractivity contribution in [3.63, 3.8) is 0 Å². The van der Waals surface area contributed by atoms with Gasteiger partial charge in [-0.3, -0.25) is 14.5 Å². The number of terminal acetylenes is 1. The predicted molar refractivity (Wildman–Crippen MR) is 86.9 cm³/mol. The van der Waals surface area contributed by atoms with Crippen molar-refractivity contribution >= 4 is 44.9 Å². The van der Waals surface area contributed by atoms with Gasteiger partial charge in [-0.1, -0.05) is 21.9 Å². The van der Waals surface area contributed by atoms with Gasteiger partial charge in [0.15, 0.2) is 0 Å². The van der Waals surface area contributed by atoms with E-state index in [1.54, 1.807) is 12.1 Å². The van der Waals surface area contributed by atoms with Crippen molar-refractivity contribution in [2.24, 2.45) is 0 Å². The number of amides is 2. The third kappa shape index (κ3) is 3.31. The van der Waals surface area contributed by atoms with E-state index >= 15 is 0 Å². The van der Waals surface area contributed by atoms with Gasteiger partial charge < -0.3 is 4.74 Å². The van der Waals surface area contributed by atoms with Gasteiger partial charge in [0.2, 0.25) is 0 Å². The van der Waals surface area contributed by atoms with Gasteiger partial charge >= 0.3 is 0 Å². The molecule has 21 heavy (non-hydrogen) atoms. The Morgan fingerprint density at radius 2 is 2.19 bits per heavy atom. The van der Waals surface area contributed by atoms with E-state index in [-0.39, 0.29) is 17.8 Å². The van der Waals surface area contributed by atoms with Crippen molar-refractivity contribution in [2.45, 2.75) is 6.92 Å². The number of halogens is 1. The first kappa shape index (κ1) is 15.7. The zero-order valence-corrected chi connectivity index (χ0v) is 13.9. The molecular weight excluding hydrogens is 354 g/mol. The van der Waals surface area contributed by atoms with E-state index in [1.165, 1.54) is 7.05 Å². The summed E-state index contributed by atoms with van der Waals surface area (Å²) in [7, 11) is 1.46. The molecule has 1 aromatic rings. The molecule has 0 radical (unpaired) electrons. The second-order valence-corrected chi connectivity index (χ2v) is 6.22. The van der Waals surface area contributed by atoms with E-state index in [0.717, 1.165) is 32.3 Å². The number of benzene rings is 1. The molecule has 0 atom stereocenters. The summed E-state index contributed by atoms with van der Waals surface area (Å²) in [6, 6.07) is 3.67. The molecule has 1 heterocycles. The lowest BCUT2D eigenvalue weighted by atomic mass is 10.1. The standard InChI is InChI=1S/C15H12BrNO3S/c1-4-5-20-12-7-10(11(16)6-9(12)2)8-13-14(18)17(3)15(19)21-13/h1,6-8H,5H2,2-3H3/b13-8-. The molecular formula is C15H12BrNO3S. The number of carbonyl (C=O) groups is 2. The minimum Gasteiger partial charge on any atom is -0.481 e. The lowest BCUT2D eigenvalue weighted by Crippen LogP contribution is -2.22. The average molecular weight is 366 g/mol. The van der Waals surface area contributed by atoms with Crippen molar-refractivity contribution in [1.82, 2.24) is 4.90 Å². The lowest BCUT2D eigenvalue weighted by Gasteiger charge is -2.09. The fourth-order valence-corrected chi connectivity index (χ4v) is 3.13. The summed E-state index contributed by atoms with van der Waals surface area (Å²) >= 11 is 4.37. The first-order chi connectivity index (χ1) is 9.93. The minimum absolute atomic E-state index is 0.174. The fraction of sp³-hybridized carbons (Fsp3) is 0.200. The van der Waals surface area contributed by atoms with Crippen molar-refractivity contribution in [3.05, 3.63) is 32.6 Å². The van der Waals surface area contributed by atoms with E-state index in [2.05, 4.69) is 21.9 Å². The number of rotatable bonds is 3. The van der Waals surface area contributed by atoms with Crippen LogP contribution < -0.4 is 4.74 Å². The molecule has 0 unspecified atom stereocenters. The number of aryl methyl sites for hydroxylation is 1. The zero-order chi connectivity index (χ0) is 15.6. The lowest BCUT2D eigenvalue weighted by molar-refractivity contribution is -0.121. The molecule has 1 aliphatic heterocycles. The Labute approximate surface area is 135 Å². The number of carbonyl (C=O) groups excluding carboxylic acids is 2. The van der Waals surface area contributed by atoms with E-state index < -0.39 is 0 Å². The molecule has 0 aliphatic carbocycles. The summed E-state index contributed by atoms with van der Waals surface area (Å²) in [5.74, 6) is 2.76. The van der Waals surface area contributed by atoms with Crippen LogP contribution in [0.4, 0.5) is 4.79 Å². The van der Waals surface area contributed by atoms with Crippen LogP contribution in [0, 0.1) is 19.3 Å². The highest BCUT2D eigenvalue weighted by atomic mass is 79.9. The third-order valence-electron chi connectivity index (χ3n) is 2.88. The van der Waals surface area contributed by atoms with Crippen LogP contribution in [0.5, 0.6) is 5.75 Å². The maximum atomic E-state index is 11.9. The highest BCUT2D eigenvalue weighted by Crippen LogP contribution is 2.34. The SMILES string of the molecule is C#CCOc1cc(/C=C2\SC(=O)N(C)C2=O)c(Br)cc1C. The highest BCUT2D eigenvalue weighted by Gasteiger charge is 2.31. The molecule has 1 aromatic carbocycles. The van der Waals surface area contributed by atoms with E-state index in [4.69, 9.17) is 11.2 Å². The molecule has 0 bridgehead atoms. The second kappa shape index (κ2) is 6.37. The van der Waals surface area contributed by atoms with Crippen molar-refractivity contribution < 1.29 is 14.3 Å². The van der Waals surface area contributed by atoms with Crippen LogP contribution in [0.1, 0.15) is 11.1 Å². The Morgan fingerprint density at radius 1 is 1.48 bits per heavy atom. The maximum absolute atomic E-state index is 11.9. The second-order valence-electron chi connectivity index (χ2n) is 4.37. The fourth-order valence-electron chi connectivity index (χ4n) is 1.74. The number of hydrogen-bond acceptors (Lipinski definition) is 4. The van der Waals surface area contributed by atoms with Crippen LogP contribution in [0.3, 0.4) is 0 Å². The predicted octanol–water partition coefficient (Wildman–Crippen LogP) is 3.44. The van der Waals surface area contributed by atoms with Crippen LogP contribution in [0.25, 0.3) is 6.08 Å². The number of hydrogen-bond donors (Lipinski definition) is 0. The Hall–Kier alpha value is -1.71. The van der Waals surface area contributed by atoms with Gasteiger partial charge in [0.1, 0.15) is 12.4 Å². The normalized spacial score (nSPS) is 16.5. The Balaban J connectivity index is 2.38. The van der Waals surface area contributed by atoms with E-state index in [1.807, 2.05) is 13.0 Å². The third-order valence-corrected chi connectivity index (χ3v) is 4.53. The number of likely N-dealkylation sites (N-methyl/N-ethyl adjacent to an activating group) is 1. The topological polar surface area (TPSA) is 46.6 Å². The van der Waals surface area contributed by atoms with E-state index in [9.17, 15) is 9.59 Å². The average Bonchev–Trinajstić information content (AvgIpc) is 2.68. The van der Waals surface area contributed by atoms with Crippen LogP contribution in [-0.4, -0.2) is 29.7 Å². The summed E-state index contributed by atoms with van der Waals surface area (Å²) in [5, 5.41) is -0.279. The number of ether oxygens (including phenoxy) is 1. The van der Waals surface area contributed by atoms with Gasteiger partial charge in [-0.15, -0.1) is 6.42 Å². The van der Waals surface area contributed by atoms with Gasteiger partial charge in [0.25, 0.3) is 11.1 Å². The quantitative estimate of drug-likeness (QED) is 0.608. The molecule has 2 amide bonds. The van der Waals surface area contributed by atoms with Crippen LogP contribution in [-0.2, 0) is 4.79 Å². The van der Waals surface area contributed by atoms with Crippen molar-refractivity contribution in [1.29, 1.82) is 0 Å². The number of nitrogens with zero attached hydrogens (tertiary/aromatic N) is 1. The molecule has 1 aliphatic rings. The summed E-state index contributed by atoms with van der Waals surface area (Å²) < 4.78 is 6.28. The molecule has 1 fully saturated rings. The number of imide groups is 1.